The second-order valence-electron chi connectivity index (χ2n) is 14.8. The molecule has 19 heteroatoms. The molecule has 0 bridgehead atoms. The van der Waals surface area contributed by atoms with Gasteiger partial charge in [-0.15, -0.1) is 0 Å². The highest BCUT2D eigenvalue weighted by molar-refractivity contribution is 7.93. The van der Waals surface area contributed by atoms with Gasteiger partial charge in [0.1, 0.15) is 12.2 Å². The molecule has 0 saturated carbocycles. The van der Waals surface area contributed by atoms with Crippen LogP contribution in [0, 0.1) is 23.7 Å². The Morgan fingerprint density at radius 3 is 1.60 bits per heavy atom. The lowest BCUT2D eigenvalue weighted by Gasteiger charge is -2.29. The number of oxime groups is 2. The van der Waals surface area contributed by atoms with Crippen molar-refractivity contribution in [2.24, 2.45) is 10.3 Å². The normalized spacial score (nSPS) is 20.6. The average molecular weight is 873 g/mol. The molecule has 60 heavy (non-hydrogen) atoms. The van der Waals surface area contributed by atoms with Crippen LogP contribution in [0.3, 0.4) is 0 Å². The van der Waals surface area contributed by atoms with Gasteiger partial charge in [-0.25, -0.2) is 32.6 Å². The van der Waals surface area contributed by atoms with Gasteiger partial charge in [-0.3, -0.25) is 14.8 Å². The van der Waals surface area contributed by atoms with Crippen LogP contribution in [0.4, 0.5) is 0 Å². The topological polar surface area (TPSA) is 249 Å². The van der Waals surface area contributed by atoms with E-state index in [9.17, 15) is 26.4 Å². The van der Waals surface area contributed by atoms with Crippen molar-refractivity contribution in [3.63, 3.8) is 0 Å². The molecule has 1 saturated heterocycles. The third kappa shape index (κ3) is 12.8. The summed E-state index contributed by atoms with van der Waals surface area (Å²) in [5, 5.41) is 34.5. The number of nitrogens with one attached hydrogen (secondary N) is 2. The van der Waals surface area contributed by atoms with Crippen LogP contribution in [0.15, 0.2) is 58.8 Å². The lowest BCUT2D eigenvalue weighted by Crippen LogP contribution is -2.52. The van der Waals surface area contributed by atoms with Gasteiger partial charge in [0.05, 0.1) is 24.6 Å². The van der Waals surface area contributed by atoms with Crippen molar-refractivity contribution in [1.82, 2.24) is 11.0 Å². The fraction of sp³-hybridized carbons (Fsp3) is 0.512. The molecule has 0 aliphatic carbocycles. The van der Waals surface area contributed by atoms with Gasteiger partial charge in [0.25, 0.3) is 11.8 Å². The van der Waals surface area contributed by atoms with E-state index in [1.807, 2.05) is 48.5 Å². The first-order valence-electron chi connectivity index (χ1n) is 19.2. The number of aliphatic hydroxyl groups is 2. The van der Waals surface area contributed by atoms with Crippen molar-refractivity contribution in [1.29, 1.82) is 0 Å². The molecule has 17 nitrogen and oxygen atoms in total. The summed E-state index contributed by atoms with van der Waals surface area (Å²) < 4.78 is 51.0. The Morgan fingerprint density at radius 1 is 0.767 bits per heavy atom. The SMILES string of the molecule is CC(CC1CC(c2ccc(C#CCCO)cc2)=NO1)(C(=O)NO)S(C)(=O)=O.CC(CC1CC(c2ccc(C#CCCO)cc2)=NO1)(C(=O)NOC1CCCCO1)S(C)(=O)=O. The summed E-state index contributed by atoms with van der Waals surface area (Å²) in [5.41, 5.74) is 8.24. The first-order chi connectivity index (χ1) is 28.4. The van der Waals surface area contributed by atoms with Gasteiger partial charge in [-0.1, -0.05) is 58.3 Å². The van der Waals surface area contributed by atoms with E-state index < -0.39 is 59.5 Å². The first-order valence-corrected chi connectivity index (χ1v) is 23.0. The molecule has 5 atom stereocenters. The number of ether oxygens (including phenoxy) is 1. The van der Waals surface area contributed by atoms with Crippen molar-refractivity contribution in [2.45, 2.75) is 99.6 Å². The van der Waals surface area contributed by atoms with Gasteiger partial charge in [-0.2, -0.15) is 0 Å². The molecule has 3 heterocycles. The zero-order valence-corrected chi connectivity index (χ0v) is 35.6. The van der Waals surface area contributed by atoms with Crippen molar-refractivity contribution in [3.05, 3.63) is 70.8 Å². The van der Waals surface area contributed by atoms with Crippen LogP contribution in [0.25, 0.3) is 0 Å². The summed E-state index contributed by atoms with van der Waals surface area (Å²) in [6, 6.07) is 14.7. The first kappa shape index (κ1) is 47.8. The maximum Gasteiger partial charge on any atom is 0.264 e. The Balaban J connectivity index is 0.000000270. The van der Waals surface area contributed by atoms with Crippen molar-refractivity contribution >= 4 is 42.9 Å². The van der Waals surface area contributed by atoms with Gasteiger partial charge in [0, 0.05) is 75.2 Å². The number of amides is 2. The molecule has 3 aliphatic rings. The summed E-state index contributed by atoms with van der Waals surface area (Å²) in [4.78, 5) is 40.9. The van der Waals surface area contributed by atoms with Gasteiger partial charge < -0.3 is 24.6 Å². The number of hydroxylamine groups is 2. The minimum absolute atomic E-state index is 0.0152. The molecule has 0 radical (unpaired) electrons. The Morgan fingerprint density at radius 2 is 1.22 bits per heavy atom. The number of hydrogen-bond donors (Lipinski definition) is 5. The Labute approximate surface area is 350 Å². The van der Waals surface area contributed by atoms with Crippen LogP contribution in [0.1, 0.15) is 93.9 Å². The Hall–Kier alpha value is -4.86. The van der Waals surface area contributed by atoms with Crippen molar-refractivity contribution in [3.8, 4) is 23.7 Å². The van der Waals surface area contributed by atoms with Gasteiger partial charge >= 0.3 is 0 Å². The third-order valence-corrected chi connectivity index (χ3v) is 14.2. The molecule has 5 N–H and O–H groups in total. The molecule has 2 aromatic rings. The van der Waals surface area contributed by atoms with Crippen LogP contribution < -0.4 is 11.0 Å². The lowest BCUT2D eigenvalue weighted by atomic mass is 9.96. The minimum Gasteiger partial charge on any atom is -0.395 e. The highest BCUT2D eigenvalue weighted by Gasteiger charge is 2.48. The molecule has 5 rings (SSSR count). The average Bonchev–Trinajstić information content (AvgIpc) is 3.90. The van der Waals surface area contributed by atoms with Gasteiger partial charge in [-0.05, 0) is 62.1 Å². The summed E-state index contributed by atoms with van der Waals surface area (Å²) in [7, 11) is -7.60. The zero-order chi connectivity index (χ0) is 44.0. The highest BCUT2D eigenvalue weighted by atomic mass is 32.2. The Kier molecular flexibility index (Phi) is 17.2. The van der Waals surface area contributed by atoms with Gasteiger partial charge in [0.2, 0.25) is 0 Å². The van der Waals surface area contributed by atoms with E-state index in [0.717, 1.165) is 47.6 Å². The van der Waals surface area contributed by atoms with Crippen molar-refractivity contribution < 1.29 is 61.1 Å². The quantitative estimate of drug-likeness (QED) is 0.104. The second-order valence-corrected chi connectivity index (χ2v) is 19.7. The monoisotopic (exact) mass is 872 g/mol. The summed E-state index contributed by atoms with van der Waals surface area (Å²) in [6.45, 7) is 3.18. The van der Waals surface area contributed by atoms with Crippen molar-refractivity contribution in [2.75, 3.05) is 32.3 Å². The number of rotatable bonds is 14. The maximum absolute atomic E-state index is 12.8. The van der Waals surface area contributed by atoms with Crippen LogP contribution in [-0.2, 0) is 48.5 Å². The summed E-state index contributed by atoms with van der Waals surface area (Å²) in [5.74, 6) is 9.80. The summed E-state index contributed by atoms with van der Waals surface area (Å²) >= 11 is 0. The molecule has 0 spiro atoms. The minimum atomic E-state index is -3.80. The van der Waals surface area contributed by atoms with Crippen LogP contribution in [0.2, 0.25) is 0 Å². The molecular weight excluding hydrogens is 821 g/mol. The van der Waals surface area contributed by atoms with Crippen LogP contribution >= 0.6 is 0 Å². The molecule has 2 amide bonds. The summed E-state index contributed by atoms with van der Waals surface area (Å²) in [6.07, 6.45) is 3.95. The fourth-order valence-electron chi connectivity index (χ4n) is 6.19. The molecule has 1 fully saturated rings. The van der Waals surface area contributed by atoms with Gasteiger partial charge in [0.15, 0.2) is 35.5 Å². The smallest absolute Gasteiger partial charge is 0.264 e. The molecular formula is C41H52N4O13S2. The van der Waals surface area contributed by atoms with E-state index in [1.54, 1.807) is 0 Å². The predicted octanol–water partition coefficient (Wildman–Crippen LogP) is 2.29. The second kappa shape index (κ2) is 21.6. The number of hydrogen-bond acceptors (Lipinski definition) is 15. The predicted molar refractivity (Wildman–Crippen MR) is 221 cm³/mol. The maximum atomic E-state index is 12.8. The number of carbonyl (C=O) groups excluding carboxylic acids is 2. The number of carbonyl (C=O) groups is 2. The number of benzene rings is 2. The zero-order valence-electron chi connectivity index (χ0n) is 34.0. The van der Waals surface area contributed by atoms with E-state index in [-0.39, 0.29) is 26.1 Å². The van der Waals surface area contributed by atoms with E-state index >= 15 is 0 Å². The molecule has 3 aliphatic heterocycles. The Bertz CT molecular complexity index is 2220. The van der Waals surface area contributed by atoms with Crippen LogP contribution in [-0.4, -0.2) is 116 Å². The molecule has 2 aromatic carbocycles. The molecule has 326 valence electrons. The van der Waals surface area contributed by atoms with E-state index in [2.05, 4.69) is 39.5 Å². The number of sulfone groups is 2. The van der Waals surface area contributed by atoms with E-state index in [0.29, 0.717) is 50.1 Å². The molecule has 0 aromatic heterocycles. The van der Waals surface area contributed by atoms with Crippen LogP contribution in [0.5, 0.6) is 0 Å². The number of nitrogens with zero attached hydrogens (tertiary/aromatic N) is 2. The molecule has 5 unspecified atom stereocenters. The van der Waals surface area contributed by atoms with E-state index in [4.69, 9.17) is 34.7 Å². The largest absolute Gasteiger partial charge is 0.395 e. The fourth-order valence-corrected chi connectivity index (χ4v) is 7.93. The standard InChI is InChI=1S/C23H30N2O7S.C18H22N2O6S/c1-23(33(2,28)29,22(27)25-32-21-8-4-6-14-30-21)16-19-15-20(24-31-19)18-11-9-17(10-12-18)7-3-5-13-26;1-18(17(22)19-23,27(2,24)25)12-15-11-16(20-26-15)14-8-6-13(7-9-14)5-3-4-10-21/h9-12,19,21,26H,4-6,8,13-16H2,1-2H3,(H,25,27);6-9,15,21,23H,4,10-12H2,1-2H3,(H,19,22). The lowest BCUT2D eigenvalue weighted by molar-refractivity contribution is -0.201. The highest BCUT2D eigenvalue weighted by Crippen LogP contribution is 2.31. The number of aliphatic hydroxyl groups excluding tert-OH is 2. The van der Waals surface area contributed by atoms with E-state index in [1.165, 1.54) is 19.3 Å². The third-order valence-electron chi connectivity index (χ3n) is 10.2.